The fraction of sp³-hybridized carbons (Fsp3) is 1.00. The molecule has 1 saturated heterocycles. The van der Waals surface area contributed by atoms with E-state index in [0.717, 1.165) is 13.2 Å². The molecule has 1 saturated carbocycles. The van der Waals surface area contributed by atoms with Crippen molar-refractivity contribution in [1.82, 2.24) is 5.32 Å². The van der Waals surface area contributed by atoms with Gasteiger partial charge in [-0.3, -0.25) is 0 Å². The van der Waals surface area contributed by atoms with Crippen LogP contribution in [0.2, 0.25) is 0 Å². The Labute approximate surface area is 59.7 Å². The van der Waals surface area contributed by atoms with Crippen LogP contribution in [0.4, 0.5) is 4.39 Å². The number of halogens is 1. The van der Waals surface area contributed by atoms with Gasteiger partial charge in [-0.05, 0) is 12.8 Å². The lowest BCUT2D eigenvalue weighted by Crippen LogP contribution is -2.48. The van der Waals surface area contributed by atoms with Gasteiger partial charge in [-0.1, -0.05) is 0 Å². The molecule has 58 valence electrons. The molecule has 1 heterocycles. The monoisotopic (exact) mass is 145 g/mol. The molecule has 2 aliphatic rings. The number of nitrogens with one attached hydrogen (secondary N) is 1. The Morgan fingerprint density at radius 2 is 2.30 bits per heavy atom. The van der Waals surface area contributed by atoms with Crippen molar-refractivity contribution >= 4 is 0 Å². The number of ether oxygens (including phenoxy) is 1. The Balaban J connectivity index is 1.91. The van der Waals surface area contributed by atoms with Crippen molar-refractivity contribution in [3.63, 3.8) is 0 Å². The van der Waals surface area contributed by atoms with E-state index in [0.29, 0.717) is 19.4 Å². The van der Waals surface area contributed by atoms with Crippen molar-refractivity contribution in [1.29, 1.82) is 0 Å². The van der Waals surface area contributed by atoms with Crippen LogP contribution in [0, 0.1) is 0 Å². The van der Waals surface area contributed by atoms with Gasteiger partial charge in [0.15, 0.2) is 0 Å². The number of rotatable bonds is 1. The highest BCUT2D eigenvalue weighted by molar-refractivity contribution is 5.04. The predicted octanol–water partition coefficient (Wildman–Crippen LogP) is 0.477. The van der Waals surface area contributed by atoms with Gasteiger partial charge in [0.25, 0.3) is 0 Å². The average molecular weight is 145 g/mol. The molecule has 1 N–H and O–H groups in total. The van der Waals surface area contributed by atoms with Crippen LogP contribution < -0.4 is 5.32 Å². The minimum Gasteiger partial charge on any atom is -0.378 e. The standard InChI is InChI=1S/C7H12FNO/c8-7(1-2-7)6-5-10-4-3-9-6/h6,9H,1-5H2. The van der Waals surface area contributed by atoms with E-state index in [4.69, 9.17) is 4.74 Å². The summed E-state index contributed by atoms with van der Waals surface area (Å²) in [6.45, 7) is 2.08. The summed E-state index contributed by atoms with van der Waals surface area (Å²) in [7, 11) is 0. The van der Waals surface area contributed by atoms with Crippen molar-refractivity contribution in [3.05, 3.63) is 0 Å². The molecule has 2 rings (SSSR count). The third-order valence-electron chi connectivity index (χ3n) is 2.27. The summed E-state index contributed by atoms with van der Waals surface area (Å²) in [6.07, 6.45) is 1.43. The Hall–Kier alpha value is -0.150. The van der Waals surface area contributed by atoms with E-state index < -0.39 is 5.67 Å². The van der Waals surface area contributed by atoms with E-state index in [1.165, 1.54) is 0 Å². The largest absolute Gasteiger partial charge is 0.378 e. The van der Waals surface area contributed by atoms with Gasteiger partial charge in [0.2, 0.25) is 0 Å². The van der Waals surface area contributed by atoms with Crippen LogP contribution in [0.1, 0.15) is 12.8 Å². The Kier molecular flexibility index (Phi) is 1.42. The topological polar surface area (TPSA) is 21.3 Å². The molecule has 0 aromatic heterocycles. The second kappa shape index (κ2) is 2.17. The second-order valence-electron chi connectivity index (χ2n) is 3.12. The van der Waals surface area contributed by atoms with Gasteiger partial charge in [0.05, 0.1) is 19.3 Å². The number of morpholine rings is 1. The highest BCUT2D eigenvalue weighted by Crippen LogP contribution is 2.43. The van der Waals surface area contributed by atoms with E-state index in [1.807, 2.05) is 0 Å². The second-order valence-corrected chi connectivity index (χ2v) is 3.12. The first kappa shape index (κ1) is 6.55. The minimum atomic E-state index is -0.916. The van der Waals surface area contributed by atoms with Crippen LogP contribution in [-0.2, 0) is 4.74 Å². The Morgan fingerprint density at radius 1 is 1.50 bits per heavy atom. The first-order valence-electron chi connectivity index (χ1n) is 3.81. The zero-order chi connectivity index (χ0) is 7.03. The Bertz CT molecular complexity index is 130. The summed E-state index contributed by atoms with van der Waals surface area (Å²) in [5.41, 5.74) is -0.916. The van der Waals surface area contributed by atoms with Crippen LogP contribution in [0.5, 0.6) is 0 Å². The van der Waals surface area contributed by atoms with Gasteiger partial charge in [0, 0.05) is 6.54 Å². The molecule has 1 unspecified atom stereocenters. The van der Waals surface area contributed by atoms with Gasteiger partial charge >= 0.3 is 0 Å². The molecular weight excluding hydrogens is 133 g/mol. The molecule has 1 atom stereocenters. The van der Waals surface area contributed by atoms with Crippen LogP contribution in [0.25, 0.3) is 0 Å². The zero-order valence-electron chi connectivity index (χ0n) is 5.90. The molecule has 1 aliphatic carbocycles. The summed E-state index contributed by atoms with van der Waals surface area (Å²) in [6, 6.07) is -0.0266. The lowest BCUT2D eigenvalue weighted by molar-refractivity contribution is 0.0394. The molecule has 2 fully saturated rings. The van der Waals surface area contributed by atoms with E-state index in [9.17, 15) is 4.39 Å². The van der Waals surface area contributed by atoms with Crippen molar-refractivity contribution in [2.75, 3.05) is 19.8 Å². The molecule has 0 spiro atoms. The van der Waals surface area contributed by atoms with Crippen molar-refractivity contribution in [2.45, 2.75) is 24.6 Å². The van der Waals surface area contributed by atoms with Crippen molar-refractivity contribution < 1.29 is 9.13 Å². The lowest BCUT2D eigenvalue weighted by Gasteiger charge is -2.26. The fourth-order valence-electron chi connectivity index (χ4n) is 1.37. The van der Waals surface area contributed by atoms with Crippen molar-refractivity contribution in [2.24, 2.45) is 0 Å². The predicted molar refractivity (Wildman–Crippen MR) is 35.7 cm³/mol. The highest BCUT2D eigenvalue weighted by Gasteiger charge is 2.50. The summed E-state index contributed by atoms with van der Waals surface area (Å²) in [4.78, 5) is 0. The maximum absolute atomic E-state index is 13.2. The molecule has 0 bridgehead atoms. The number of hydrogen-bond donors (Lipinski definition) is 1. The SMILES string of the molecule is FC1(C2COCCN2)CC1. The normalized spacial score (nSPS) is 37.5. The lowest BCUT2D eigenvalue weighted by atomic mass is 10.1. The Morgan fingerprint density at radius 3 is 2.80 bits per heavy atom. The van der Waals surface area contributed by atoms with E-state index in [1.54, 1.807) is 0 Å². The number of alkyl halides is 1. The quantitative estimate of drug-likeness (QED) is 0.579. The average Bonchev–Trinajstić information content (AvgIpc) is 2.72. The maximum Gasteiger partial charge on any atom is 0.128 e. The summed E-state index contributed by atoms with van der Waals surface area (Å²) in [5.74, 6) is 0. The summed E-state index contributed by atoms with van der Waals surface area (Å²) >= 11 is 0. The van der Waals surface area contributed by atoms with Gasteiger partial charge < -0.3 is 10.1 Å². The van der Waals surface area contributed by atoms with Crippen LogP contribution in [0.15, 0.2) is 0 Å². The third-order valence-corrected chi connectivity index (χ3v) is 2.27. The smallest absolute Gasteiger partial charge is 0.128 e. The van der Waals surface area contributed by atoms with Crippen LogP contribution >= 0.6 is 0 Å². The maximum atomic E-state index is 13.2. The first-order chi connectivity index (χ1) is 4.81. The molecule has 0 radical (unpaired) electrons. The van der Waals surface area contributed by atoms with Crippen LogP contribution in [-0.4, -0.2) is 31.5 Å². The first-order valence-corrected chi connectivity index (χ1v) is 3.81. The zero-order valence-corrected chi connectivity index (χ0v) is 5.90. The molecule has 0 aromatic rings. The summed E-state index contributed by atoms with van der Waals surface area (Å²) < 4.78 is 18.4. The molecule has 1 aliphatic heterocycles. The fourth-order valence-corrected chi connectivity index (χ4v) is 1.37. The molecule has 3 heteroatoms. The molecule has 0 amide bonds. The van der Waals surface area contributed by atoms with Gasteiger partial charge in [0.1, 0.15) is 5.67 Å². The van der Waals surface area contributed by atoms with Crippen molar-refractivity contribution in [3.8, 4) is 0 Å². The minimum absolute atomic E-state index is 0.0266. The molecule has 2 nitrogen and oxygen atoms in total. The van der Waals surface area contributed by atoms with Gasteiger partial charge in [-0.15, -0.1) is 0 Å². The molecule has 0 aromatic carbocycles. The summed E-state index contributed by atoms with van der Waals surface area (Å²) in [5, 5.41) is 3.12. The van der Waals surface area contributed by atoms with E-state index >= 15 is 0 Å². The molecular formula is C7H12FNO. The van der Waals surface area contributed by atoms with Gasteiger partial charge in [-0.25, -0.2) is 4.39 Å². The van der Waals surface area contributed by atoms with Crippen LogP contribution in [0.3, 0.4) is 0 Å². The third kappa shape index (κ3) is 1.04. The van der Waals surface area contributed by atoms with Gasteiger partial charge in [-0.2, -0.15) is 0 Å². The highest BCUT2D eigenvalue weighted by atomic mass is 19.1. The van der Waals surface area contributed by atoms with E-state index in [-0.39, 0.29) is 6.04 Å². The van der Waals surface area contributed by atoms with E-state index in [2.05, 4.69) is 5.32 Å². The molecule has 10 heavy (non-hydrogen) atoms. The number of hydrogen-bond acceptors (Lipinski definition) is 2.